The molecular formula is C19H22O2. The number of rotatable bonds is 5. The van der Waals surface area contributed by atoms with Crippen LogP contribution in [0.4, 0.5) is 0 Å². The van der Waals surface area contributed by atoms with E-state index in [0.717, 1.165) is 29.9 Å². The highest BCUT2D eigenvalue weighted by atomic mass is 16.5. The number of ether oxygens (including phenoxy) is 2. The van der Waals surface area contributed by atoms with Gasteiger partial charge in [0.25, 0.3) is 0 Å². The van der Waals surface area contributed by atoms with Crippen LogP contribution >= 0.6 is 0 Å². The summed E-state index contributed by atoms with van der Waals surface area (Å²) in [4.78, 5) is 0. The molecule has 0 amide bonds. The predicted molar refractivity (Wildman–Crippen MR) is 84.8 cm³/mol. The third-order valence-corrected chi connectivity index (χ3v) is 4.00. The van der Waals surface area contributed by atoms with Crippen molar-refractivity contribution < 1.29 is 9.47 Å². The lowest BCUT2D eigenvalue weighted by atomic mass is 10.2. The second-order valence-electron chi connectivity index (χ2n) is 5.70. The van der Waals surface area contributed by atoms with E-state index in [2.05, 4.69) is 25.1 Å². The summed E-state index contributed by atoms with van der Waals surface area (Å²) in [5.41, 5.74) is 2.32. The fourth-order valence-corrected chi connectivity index (χ4v) is 2.80. The Kier molecular flexibility index (Phi) is 4.44. The summed E-state index contributed by atoms with van der Waals surface area (Å²) in [6.07, 6.45) is 5.22. The minimum atomic E-state index is 0.352. The number of hydrogen-bond acceptors (Lipinski definition) is 2. The molecule has 1 fully saturated rings. The minimum absolute atomic E-state index is 0.352. The molecule has 21 heavy (non-hydrogen) atoms. The summed E-state index contributed by atoms with van der Waals surface area (Å²) in [5.74, 6) is 1.77. The van der Waals surface area contributed by atoms with Gasteiger partial charge in [-0.3, -0.25) is 0 Å². The molecule has 1 saturated carbocycles. The van der Waals surface area contributed by atoms with E-state index < -0.39 is 0 Å². The van der Waals surface area contributed by atoms with E-state index in [1.54, 1.807) is 0 Å². The lowest BCUT2D eigenvalue weighted by Crippen LogP contribution is -2.12. The molecule has 0 aliphatic heterocycles. The third kappa shape index (κ3) is 3.57. The van der Waals surface area contributed by atoms with Crippen LogP contribution in [0.3, 0.4) is 0 Å². The predicted octanol–water partition coefficient (Wildman–Crippen LogP) is 4.90. The first-order chi connectivity index (χ1) is 10.3. The maximum Gasteiger partial charge on any atom is 0.164 e. The van der Waals surface area contributed by atoms with Crippen LogP contribution in [0.25, 0.3) is 0 Å². The van der Waals surface area contributed by atoms with E-state index in [1.165, 1.54) is 18.4 Å². The van der Waals surface area contributed by atoms with Crippen molar-refractivity contribution >= 4 is 0 Å². The van der Waals surface area contributed by atoms with Crippen LogP contribution in [-0.4, -0.2) is 6.10 Å². The average Bonchev–Trinajstić information content (AvgIpc) is 3.02. The molecule has 0 N–H and O–H groups in total. The van der Waals surface area contributed by atoms with Crippen LogP contribution in [-0.2, 0) is 6.61 Å². The molecule has 0 heterocycles. The van der Waals surface area contributed by atoms with Crippen molar-refractivity contribution in [2.24, 2.45) is 0 Å². The molecule has 110 valence electrons. The quantitative estimate of drug-likeness (QED) is 0.777. The van der Waals surface area contributed by atoms with Crippen LogP contribution < -0.4 is 9.47 Å². The highest BCUT2D eigenvalue weighted by molar-refractivity contribution is 5.46. The number of aryl methyl sites for hydroxylation is 1. The topological polar surface area (TPSA) is 18.5 Å². The molecule has 0 bridgehead atoms. The molecule has 1 aliphatic carbocycles. The van der Waals surface area contributed by atoms with Crippen molar-refractivity contribution in [3.05, 3.63) is 59.7 Å². The van der Waals surface area contributed by atoms with E-state index in [9.17, 15) is 0 Å². The van der Waals surface area contributed by atoms with Crippen molar-refractivity contribution in [3.8, 4) is 11.5 Å². The first-order valence-electron chi connectivity index (χ1n) is 7.76. The summed E-state index contributed by atoms with van der Waals surface area (Å²) in [6.45, 7) is 2.66. The molecule has 0 aromatic heterocycles. The van der Waals surface area contributed by atoms with Crippen molar-refractivity contribution in [2.45, 2.75) is 45.3 Å². The van der Waals surface area contributed by atoms with Crippen LogP contribution in [0, 0.1) is 6.92 Å². The number of hydrogen-bond donors (Lipinski definition) is 0. The largest absolute Gasteiger partial charge is 0.486 e. The Labute approximate surface area is 126 Å². The third-order valence-electron chi connectivity index (χ3n) is 4.00. The molecule has 2 heteroatoms. The van der Waals surface area contributed by atoms with Gasteiger partial charge in [0.15, 0.2) is 11.5 Å². The molecule has 2 aromatic carbocycles. The summed E-state index contributed by atoms with van der Waals surface area (Å²) in [7, 11) is 0. The standard InChI is InChI=1S/C19H22O2/c1-15-8-7-13-18(19(15)21-17-11-5-6-12-17)20-14-16-9-3-2-4-10-16/h2-4,7-10,13,17H,5-6,11-12,14H2,1H3. The first kappa shape index (κ1) is 14.0. The van der Waals surface area contributed by atoms with Gasteiger partial charge in [-0.2, -0.15) is 0 Å². The molecule has 0 spiro atoms. The Bertz CT molecular complexity index is 571. The summed E-state index contributed by atoms with van der Waals surface area (Å²) in [6, 6.07) is 16.3. The molecule has 0 atom stereocenters. The van der Waals surface area contributed by atoms with E-state index in [4.69, 9.17) is 9.47 Å². The first-order valence-corrected chi connectivity index (χ1v) is 7.76. The van der Waals surface area contributed by atoms with Crippen LogP contribution in [0.2, 0.25) is 0 Å². The normalized spacial score (nSPS) is 15.1. The van der Waals surface area contributed by atoms with Gasteiger partial charge in [-0.1, -0.05) is 42.5 Å². The molecule has 1 aliphatic rings. The van der Waals surface area contributed by atoms with E-state index in [-0.39, 0.29) is 0 Å². The molecule has 0 saturated heterocycles. The molecule has 2 nitrogen and oxygen atoms in total. The number of para-hydroxylation sites is 1. The fourth-order valence-electron chi connectivity index (χ4n) is 2.80. The van der Waals surface area contributed by atoms with Crippen molar-refractivity contribution in [1.29, 1.82) is 0 Å². The summed E-state index contributed by atoms with van der Waals surface area (Å²) < 4.78 is 12.2. The molecular weight excluding hydrogens is 260 g/mol. The Morgan fingerprint density at radius 1 is 0.952 bits per heavy atom. The van der Waals surface area contributed by atoms with Crippen LogP contribution in [0.15, 0.2) is 48.5 Å². The summed E-state index contributed by atoms with van der Waals surface area (Å²) >= 11 is 0. The Morgan fingerprint density at radius 2 is 1.71 bits per heavy atom. The highest BCUT2D eigenvalue weighted by Crippen LogP contribution is 2.34. The monoisotopic (exact) mass is 282 g/mol. The zero-order valence-electron chi connectivity index (χ0n) is 12.5. The number of benzene rings is 2. The zero-order valence-corrected chi connectivity index (χ0v) is 12.5. The van der Waals surface area contributed by atoms with Gasteiger partial charge < -0.3 is 9.47 Å². The van der Waals surface area contributed by atoms with Crippen molar-refractivity contribution in [2.75, 3.05) is 0 Å². The molecule has 2 aromatic rings. The maximum absolute atomic E-state index is 6.20. The van der Waals surface area contributed by atoms with Gasteiger partial charge in [0.2, 0.25) is 0 Å². The summed E-state index contributed by atoms with van der Waals surface area (Å²) in [5, 5.41) is 0. The van der Waals surface area contributed by atoms with Crippen LogP contribution in [0.1, 0.15) is 36.8 Å². The SMILES string of the molecule is Cc1cccc(OCc2ccccc2)c1OC1CCCC1. The van der Waals surface area contributed by atoms with Crippen molar-refractivity contribution in [3.63, 3.8) is 0 Å². The van der Waals surface area contributed by atoms with E-state index in [1.807, 2.05) is 30.3 Å². The lowest BCUT2D eigenvalue weighted by Gasteiger charge is -2.19. The highest BCUT2D eigenvalue weighted by Gasteiger charge is 2.19. The van der Waals surface area contributed by atoms with Crippen LogP contribution in [0.5, 0.6) is 11.5 Å². The second kappa shape index (κ2) is 6.66. The second-order valence-corrected chi connectivity index (χ2v) is 5.70. The minimum Gasteiger partial charge on any atom is -0.486 e. The van der Waals surface area contributed by atoms with Gasteiger partial charge in [0.1, 0.15) is 6.61 Å². The molecule has 3 rings (SSSR count). The zero-order chi connectivity index (χ0) is 14.5. The van der Waals surface area contributed by atoms with E-state index in [0.29, 0.717) is 12.7 Å². The maximum atomic E-state index is 6.20. The molecule has 0 unspecified atom stereocenters. The lowest BCUT2D eigenvalue weighted by molar-refractivity contribution is 0.192. The van der Waals surface area contributed by atoms with Gasteiger partial charge >= 0.3 is 0 Å². The molecule has 0 radical (unpaired) electrons. The van der Waals surface area contributed by atoms with Gasteiger partial charge in [-0.25, -0.2) is 0 Å². The van der Waals surface area contributed by atoms with Crippen molar-refractivity contribution in [1.82, 2.24) is 0 Å². The Hall–Kier alpha value is -1.96. The van der Waals surface area contributed by atoms with Gasteiger partial charge in [-0.15, -0.1) is 0 Å². The van der Waals surface area contributed by atoms with Gasteiger partial charge in [0.05, 0.1) is 6.10 Å². The average molecular weight is 282 g/mol. The fraction of sp³-hybridized carbons (Fsp3) is 0.368. The van der Waals surface area contributed by atoms with Gasteiger partial charge in [-0.05, 0) is 49.8 Å². The Balaban J connectivity index is 1.73. The van der Waals surface area contributed by atoms with E-state index >= 15 is 0 Å². The van der Waals surface area contributed by atoms with Gasteiger partial charge in [0, 0.05) is 0 Å². The Morgan fingerprint density at radius 3 is 2.48 bits per heavy atom. The smallest absolute Gasteiger partial charge is 0.164 e.